The molecule has 3 rings (SSSR count). The molecule has 1 N–H and O–H groups in total. The molecule has 3 aromatic rings. The van der Waals surface area contributed by atoms with E-state index in [1.807, 2.05) is 0 Å². The van der Waals surface area contributed by atoms with Gasteiger partial charge in [-0.15, -0.1) is 15.3 Å². The zero-order chi connectivity index (χ0) is 15.9. The van der Waals surface area contributed by atoms with Gasteiger partial charge in [0.15, 0.2) is 11.5 Å². The quantitative estimate of drug-likeness (QED) is 0.546. The van der Waals surface area contributed by atoms with Gasteiger partial charge < -0.3 is 15.4 Å². The van der Waals surface area contributed by atoms with E-state index in [2.05, 4.69) is 25.6 Å². The third kappa shape index (κ3) is 2.13. The fourth-order valence-corrected chi connectivity index (χ4v) is 1.95. The zero-order valence-corrected chi connectivity index (χ0v) is 11.6. The van der Waals surface area contributed by atoms with Gasteiger partial charge in [0.1, 0.15) is 6.20 Å². The number of carbonyl (C=O) groups is 1. The summed E-state index contributed by atoms with van der Waals surface area (Å²) in [5, 5.41) is 25.5. The minimum Gasteiger partial charge on any atom is -0.358 e. The molecular weight excluding hydrogens is 292 g/mol. The zero-order valence-electron chi connectivity index (χ0n) is 11.6. The summed E-state index contributed by atoms with van der Waals surface area (Å²) in [7, 11) is 1.50. The van der Waals surface area contributed by atoms with Gasteiger partial charge in [0.25, 0.3) is 5.82 Å². The van der Waals surface area contributed by atoms with Crippen LogP contribution >= 0.6 is 0 Å². The Labute approximate surface area is 122 Å². The number of nitro groups is 1. The Hall–Kier alpha value is -3.37. The van der Waals surface area contributed by atoms with Gasteiger partial charge in [-0.05, 0) is 17.1 Å². The topological polar surface area (TPSA) is 133 Å². The lowest BCUT2D eigenvalue weighted by Gasteiger charge is -2.02. The van der Waals surface area contributed by atoms with Gasteiger partial charge in [-0.1, -0.05) is 0 Å². The van der Waals surface area contributed by atoms with Crippen molar-refractivity contribution in [1.29, 1.82) is 0 Å². The number of fused-ring (bicyclic) bond motifs is 1. The molecule has 0 saturated carbocycles. The van der Waals surface area contributed by atoms with E-state index in [0.717, 1.165) is 6.20 Å². The number of aromatic nitrogens is 6. The fraction of sp³-hybridized carbons (Fsp3) is 0.182. The van der Waals surface area contributed by atoms with E-state index in [4.69, 9.17) is 0 Å². The molecule has 0 saturated heterocycles. The van der Waals surface area contributed by atoms with Crippen LogP contribution in [0.2, 0.25) is 0 Å². The second-order valence-corrected chi connectivity index (χ2v) is 4.45. The van der Waals surface area contributed by atoms with Gasteiger partial charge in [0, 0.05) is 6.92 Å². The van der Waals surface area contributed by atoms with Crippen molar-refractivity contribution in [2.75, 3.05) is 5.32 Å². The molecular formula is C11H10N8O3. The number of nitrogens with one attached hydrogen (secondary N) is 1. The molecule has 11 heteroatoms. The predicted octanol–water partition coefficient (Wildman–Crippen LogP) is 0.391. The SMILES string of the molecule is CC(=O)Nc1ccc2nnc(-c3ncc([N+](=O)[O-])n3C)n2n1. The summed E-state index contributed by atoms with van der Waals surface area (Å²) in [6, 6.07) is 3.20. The summed E-state index contributed by atoms with van der Waals surface area (Å²) in [5.74, 6) is 0.341. The maximum Gasteiger partial charge on any atom is 0.343 e. The van der Waals surface area contributed by atoms with E-state index in [1.165, 1.54) is 23.1 Å². The third-order valence-corrected chi connectivity index (χ3v) is 2.92. The third-order valence-electron chi connectivity index (χ3n) is 2.92. The average molecular weight is 302 g/mol. The average Bonchev–Trinajstić information content (AvgIpc) is 3.01. The van der Waals surface area contributed by atoms with Crippen LogP contribution in [-0.4, -0.2) is 40.2 Å². The summed E-state index contributed by atoms with van der Waals surface area (Å²) in [4.78, 5) is 25.4. The van der Waals surface area contributed by atoms with Crippen LogP contribution in [-0.2, 0) is 11.8 Å². The summed E-state index contributed by atoms with van der Waals surface area (Å²) in [6.45, 7) is 1.36. The molecule has 1 amide bonds. The molecule has 22 heavy (non-hydrogen) atoms. The second-order valence-electron chi connectivity index (χ2n) is 4.45. The molecule has 0 aromatic carbocycles. The Kier molecular flexibility index (Phi) is 3.01. The minimum atomic E-state index is -0.546. The van der Waals surface area contributed by atoms with Crippen molar-refractivity contribution >= 4 is 23.2 Å². The molecule has 0 aliphatic heterocycles. The van der Waals surface area contributed by atoms with Crippen LogP contribution in [0.5, 0.6) is 0 Å². The lowest BCUT2D eigenvalue weighted by atomic mass is 10.5. The smallest absolute Gasteiger partial charge is 0.343 e. The number of hydrogen-bond acceptors (Lipinski definition) is 7. The monoisotopic (exact) mass is 302 g/mol. The first-order valence-corrected chi connectivity index (χ1v) is 6.14. The number of amides is 1. The van der Waals surface area contributed by atoms with E-state index < -0.39 is 4.92 Å². The Balaban J connectivity index is 2.14. The van der Waals surface area contributed by atoms with Crippen LogP contribution in [0.25, 0.3) is 17.3 Å². The van der Waals surface area contributed by atoms with E-state index in [-0.39, 0.29) is 23.4 Å². The molecule has 0 unspecified atom stereocenters. The van der Waals surface area contributed by atoms with Crippen molar-refractivity contribution in [3.8, 4) is 11.6 Å². The summed E-state index contributed by atoms with van der Waals surface area (Å²) in [6.07, 6.45) is 1.13. The number of carbonyl (C=O) groups excluding carboxylic acids is 1. The molecule has 112 valence electrons. The first-order chi connectivity index (χ1) is 10.5. The van der Waals surface area contributed by atoms with Gasteiger partial charge in [-0.25, -0.2) is 9.55 Å². The van der Waals surface area contributed by atoms with Gasteiger partial charge in [0.2, 0.25) is 11.7 Å². The van der Waals surface area contributed by atoms with E-state index >= 15 is 0 Å². The van der Waals surface area contributed by atoms with Crippen molar-refractivity contribution in [3.05, 3.63) is 28.4 Å². The highest BCUT2D eigenvalue weighted by Crippen LogP contribution is 2.21. The van der Waals surface area contributed by atoms with E-state index in [1.54, 1.807) is 12.1 Å². The Morgan fingerprint density at radius 3 is 2.73 bits per heavy atom. The molecule has 0 spiro atoms. The summed E-state index contributed by atoms with van der Waals surface area (Å²) < 4.78 is 2.64. The standard InChI is InChI=1S/C11H10N8O3/c1-6(20)13-7-3-4-8-14-15-11(18(8)16-7)10-12-5-9(17(10)2)19(21)22/h3-5H,1-2H3,(H,13,16,20). The van der Waals surface area contributed by atoms with Crippen LogP contribution in [0.4, 0.5) is 11.6 Å². The lowest BCUT2D eigenvalue weighted by Crippen LogP contribution is -2.10. The predicted molar refractivity (Wildman–Crippen MR) is 73.9 cm³/mol. The highest BCUT2D eigenvalue weighted by molar-refractivity contribution is 5.87. The Morgan fingerprint density at radius 1 is 1.32 bits per heavy atom. The lowest BCUT2D eigenvalue weighted by molar-refractivity contribution is -0.391. The van der Waals surface area contributed by atoms with Crippen LogP contribution in [0.3, 0.4) is 0 Å². The molecule has 0 aliphatic rings. The van der Waals surface area contributed by atoms with Crippen molar-refractivity contribution in [2.24, 2.45) is 7.05 Å². The summed E-state index contributed by atoms with van der Waals surface area (Å²) >= 11 is 0. The van der Waals surface area contributed by atoms with Gasteiger partial charge in [-0.2, -0.15) is 4.52 Å². The van der Waals surface area contributed by atoms with Crippen molar-refractivity contribution in [2.45, 2.75) is 6.92 Å². The first kappa shape index (κ1) is 13.6. The number of anilines is 1. The normalized spacial score (nSPS) is 10.8. The minimum absolute atomic E-state index is 0.176. The van der Waals surface area contributed by atoms with Crippen LogP contribution in [0.15, 0.2) is 18.3 Å². The fourth-order valence-electron chi connectivity index (χ4n) is 1.95. The molecule has 0 fully saturated rings. The Morgan fingerprint density at radius 2 is 2.09 bits per heavy atom. The number of rotatable bonds is 3. The Bertz CT molecular complexity index is 896. The molecule has 11 nitrogen and oxygen atoms in total. The molecule has 3 heterocycles. The van der Waals surface area contributed by atoms with Crippen LogP contribution < -0.4 is 5.32 Å². The van der Waals surface area contributed by atoms with Crippen molar-refractivity contribution < 1.29 is 9.72 Å². The molecule has 0 bridgehead atoms. The summed E-state index contributed by atoms with van der Waals surface area (Å²) in [5.41, 5.74) is 0.426. The highest BCUT2D eigenvalue weighted by Gasteiger charge is 2.23. The van der Waals surface area contributed by atoms with Crippen molar-refractivity contribution in [1.82, 2.24) is 29.4 Å². The molecule has 0 radical (unpaired) electrons. The van der Waals surface area contributed by atoms with Gasteiger partial charge in [-0.3, -0.25) is 4.79 Å². The number of hydrogen-bond donors (Lipinski definition) is 1. The molecule has 0 atom stereocenters. The van der Waals surface area contributed by atoms with Crippen molar-refractivity contribution in [3.63, 3.8) is 0 Å². The maximum absolute atomic E-state index is 11.1. The van der Waals surface area contributed by atoms with Crippen LogP contribution in [0.1, 0.15) is 6.92 Å². The van der Waals surface area contributed by atoms with Gasteiger partial charge >= 0.3 is 5.82 Å². The van der Waals surface area contributed by atoms with E-state index in [9.17, 15) is 14.9 Å². The number of imidazole rings is 1. The van der Waals surface area contributed by atoms with E-state index in [0.29, 0.717) is 11.5 Å². The molecule has 0 aliphatic carbocycles. The van der Waals surface area contributed by atoms with Gasteiger partial charge in [0.05, 0.1) is 7.05 Å². The number of nitrogens with zero attached hydrogens (tertiary/aromatic N) is 7. The highest BCUT2D eigenvalue weighted by atomic mass is 16.6. The first-order valence-electron chi connectivity index (χ1n) is 6.14. The largest absolute Gasteiger partial charge is 0.358 e. The maximum atomic E-state index is 11.1. The van der Waals surface area contributed by atoms with Crippen LogP contribution in [0, 0.1) is 10.1 Å². The second kappa shape index (κ2) is 4.87. The molecule has 3 aromatic heterocycles.